The fourth-order valence-electron chi connectivity index (χ4n) is 2.25. The summed E-state index contributed by atoms with van der Waals surface area (Å²) in [6.45, 7) is 6.83. The molecule has 0 spiro atoms. The molecule has 3 atom stereocenters. The minimum atomic E-state index is 0.446. The highest BCUT2D eigenvalue weighted by Crippen LogP contribution is 2.19. The molecule has 0 radical (unpaired) electrons. The summed E-state index contributed by atoms with van der Waals surface area (Å²) in [5, 5.41) is 3.72. The Morgan fingerprint density at radius 2 is 2.08 bits per heavy atom. The third kappa shape index (κ3) is 3.28. The summed E-state index contributed by atoms with van der Waals surface area (Å²) >= 11 is 0. The zero-order valence-corrected chi connectivity index (χ0v) is 9.22. The Balaban J connectivity index is 2.30. The van der Waals surface area contributed by atoms with Gasteiger partial charge in [0.15, 0.2) is 0 Å². The second-order valence-electron chi connectivity index (χ2n) is 4.70. The maximum absolute atomic E-state index is 5.88. The molecular formula is C11H24N2. The molecule has 1 rings (SSSR count). The van der Waals surface area contributed by atoms with Gasteiger partial charge in [-0.2, -0.15) is 0 Å². The van der Waals surface area contributed by atoms with Crippen LogP contribution in [0.2, 0.25) is 0 Å². The van der Waals surface area contributed by atoms with Gasteiger partial charge in [0.05, 0.1) is 0 Å². The van der Waals surface area contributed by atoms with Gasteiger partial charge >= 0.3 is 0 Å². The number of rotatable bonds is 4. The van der Waals surface area contributed by atoms with E-state index in [2.05, 4.69) is 26.1 Å². The van der Waals surface area contributed by atoms with Crippen LogP contribution in [0.15, 0.2) is 0 Å². The normalized spacial score (nSPS) is 31.2. The molecule has 2 nitrogen and oxygen atoms in total. The highest BCUT2D eigenvalue weighted by molar-refractivity contribution is 4.85. The second-order valence-corrected chi connectivity index (χ2v) is 4.70. The van der Waals surface area contributed by atoms with Crippen molar-refractivity contribution in [3.8, 4) is 0 Å². The van der Waals surface area contributed by atoms with Crippen LogP contribution >= 0.6 is 0 Å². The van der Waals surface area contributed by atoms with Crippen molar-refractivity contribution in [2.75, 3.05) is 0 Å². The SMILES string of the molecule is CCC(NC1CCC(N)C1)C(C)C. The third-order valence-corrected chi connectivity index (χ3v) is 3.17. The van der Waals surface area contributed by atoms with Gasteiger partial charge in [0.25, 0.3) is 0 Å². The number of hydrogen-bond donors (Lipinski definition) is 2. The third-order valence-electron chi connectivity index (χ3n) is 3.17. The van der Waals surface area contributed by atoms with Crippen molar-refractivity contribution >= 4 is 0 Å². The fourth-order valence-corrected chi connectivity index (χ4v) is 2.25. The van der Waals surface area contributed by atoms with Crippen LogP contribution in [0.3, 0.4) is 0 Å². The van der Waals surface area contributed by atoms with E-state index < -0.39 is 0 Å². The van der Waals surface area contributed by atoms with Crippen molar-refractivity contribution in [3.05, 3.63) is 0 Å². The van der Waals surface area contributed by atoms with Gasteiger partial charge in [-0.1, -0.05) is 20.8 Å². The van der Waals surface area contributed by atoms with Crippen molar-refractivity contribution in [1.82, 2.24) is 5.32 Å². The van der Waals surface area contributed by atoms with Gasteiger partial charge in [0.1, 0.15) is 0 Å². The molecular weight excluding hydrogens is 160 g/mol. The Bertz CT molecular complexity index is 145. The predicted octanol–water partition coefficient (Wildman–Crippen LogP) is 1.89. The minimum absolute atomic E-state index is 0.446. The van der Waals surface area contributed by atoms with Crippen LogP contribution in [0.4, 0.5) is 0 Å². The van der Waals surface area contributed by atoms with Gasteiger partial charge in [-0.25, -0.2) is 0 Å². The summed E-state index contributed by atoms with van der Waals surface area (Å²) in [5.41, 5.74) is 5.88. The molecule has 1 aliphatic carbocycles. The fraction of sp³-hybridized carbons (Fsp3) is 1.00. The van der Waals surface area contributed by atoms with E-state index in [0.29, 0.717) is 18.1 Å². The molecule has 1 aliphatic rings. The zero-order chi connectivity index (χ0) is 9.84. The molecule has 3 unspecified atom stereocenters. The standard InChI is InChI=1S/C11H24N2/c1-4-11(8(2)3)13-10-6-5-9(12)7-10/h8-11,13H,4-7,12H2,1-3H3. The molecule has 3 N–H and O–H groups in total. The lowest BCUT2D eigenvalue weighted by Crippen LogP contribution is -2.40. The van der Waals surface area contributed by atoms with E-state index in [1.807, 2.05) is 0 Å². The van der Waals surface area contributed by atoms with E-state index in [4.69, 9.17) is 5.73 Å². The molecule has 1 saturated carbocycles. The van der Waals surface area contributed by atoms with Gasteiger partial charge in [-0.05, 0) is 31.6 Å². The van der Waals surface area contributed by atoms with E-state index in [1.165, 1.54) is 25.7 Å². The molecule has 2 heteroatoms. The second kappa shape index (κ2) is 4.97. The van der Waals surface area contributed by atoms with E-state index in [-0.39, 0.29) is 0 Å². The molecule has 0 aromatic heterocycles. The molecule has 0 bridgehead atoms. The topological polar surface area (TPSA) is 38.0 Å². The molecule has 0 amide bonds. The molecule has 0 aromatic carbocycles. The van der Waals surface area contributed by atoms with E-state index in [1.54, 1.807) is 0 Å². The number of nitrogens with two attached hydrogens (primary N) is 1. The summed E-state index contributed by atoms with van der Waals surface area (Å²) < 4.78 is 0. The molecule has 0 saturated heterocycles. The molecule has 0 aromatic rings. The maximum Gasteiger partial charge on any atom is 0.00900 e. The highest BCUT2D eigenvalue weighted by atomic mass is 15.0. The lowest BCUT2D eigenvalue weighted by atomic mass is 10.0. The first-order chi connectivity index (χ1) is 6.13. The van der Waals surface area contributed by atoms with Crippen LogP contribution in [-0.2, 0) is 0 Å². The first-order valence-electron chi connectivity index (χ1n) is 5.65. The highest BCUT2D eigenvalue weighted by Gasteiger charge is 2.24. The predicted molar refractivity (Wildman–Crippen MR) is 57.7 cm³/mol. The van der Waals surface area contributed by atoms with Gasteiger partial charge < -0.3 is 11.1 Å². The van der Waals surface area contributed by atoms with Gasteiger partial charge in [-0.3, -0.25) is 0 Å². The van der Waals surface area contributed by atoms with Crippen molar-refractivity contribution in [2.45, 2.75) is 64.6 Å². The quantitative estimate of drug-likeness (QED) is 0.700. The van der Waals surface area contributed by atoms with Crippen LogP contribution < -0.4 is 11.1 Å². The summed E-state index contributed by atoms with van der Waals surface area (Å²) in [6, 6.07) is 1.81. The first-order valence-corrected chi connectivity index (χ1v) is 5.65. The van der Waals surface area contributed by atoms with Crippen LogP contribution in [0.25, 0.3) is 0 Å². The van der Waals surface area contributed by atoms with E-state index in [0.717, 1.165) is 5.92 Å². The molecule has 78 valence electrons. The minimum Gasteiger partial charge on any atom is -0.328 e. The average Bonchev–Trinajstić information content (AvgIpc) is 2.46. The number of nitrogens with one attached hydrogen (secondary N) is 1. The van der Waals surface area contributed by atoms with Crippen molar-refractivity contribution < 1.29 is 0 Å². The lowest BCUT2D eigenvalue weighted by molar-refractivity contribution is 0.342. The van der Waals surface area contributed by atoms with Crippen molar-refractivity contribution in [3.63, 3.8) is 0 Å². The first kappa shape index (κ1) is 11.0. The summed E-state index contributed by atoms with van der Waals surface area (Å²) in [4.78, 5) is 0. The molecule has 1 fully saturated rings. The van der Waals surface area contributed by atoms with E-state index >= 15 is 0 Å². The zero-order valence-electron chi connectivity index (χ0n) is 9.22. The Morgan fingerprint density at radius 3 is 2.46 bits per heavy atom. The monoisotopic (exact) mass is 184 g/mol. The van der Waals surface area contributed by atoms with Gasteiger partial charge in [-0.15, -0.1) is 0 Å². The van der Waals surface area contributed by atoms with Crippen LogP contribution in [0, 0.1) is 5.92 Å². The van der Waals surface area contributed by atoms with Gasteiger partial charge in [0, 0.05) is 18.1 Å². The lowest BCUT2D eigenvalue weighted by Gasteiger charge is -2.25. The Labute approximate surface area is 82.3 Å². The van der Waals surface area contributed by atoms with Crippen molar-refractivity contribution in [2.24, 2.45) is 11.7 Å². The maximum atomic E-state index is 5.88. The summed E-state index contributed by atoms with van der Waals surface area (Å²) in [5.74, 6) is 0.738. The average molecular weight is 184 g/mol. The Hall–Kier alpha value is -0.0800. The smallest absolute Gasteiger partial charge is 0.00900 e. The van der Waals surface area contributed by atoms with Crippen molar-refractivity contribution in [1.29, 1.82) is 0 Å². The molecule has 13 heavy (non-hydrogen) atoms. The number of hydrogen-bond acceptors (Lipinski definition) is 2. The van der Waals surface area contributed by atoms with E-state index in [9.17, 15) is 0 Å². The summed E-state index contributed by atoms with van der Waals surface area (Å²) in [7, 11) is 0. The molecule has 0 aliphatic heterocycles. The van der Waals surface area contributed by atoms with Gasteiger partial charge in [0.2, 0.25) is 0 Å². The van der Waals surface area contributed by atoms with Crippen LogP contribution in [0.1, 0.15) is 46.5 Å². The summed E-state index contributed by atoms with van der Waals surface area (Å²) in [6.07, 6.45) is 4.86. The Kier molecular flexibility index (Phi) is 4.20. The molecule has 0 heterocycles. The van der Waals surface area contributed by atoms with Crippen LogP contribution in [0.5, 0.6) is 0 Å². The van der Waals surface area contributed by atoms with Crippen LogP contribution in [-0.4, -0.2) is 18.1 Å². The largest absolute Gasteiger partial charge is 0.328 e. The Morgan fingerprint density at radius 1 is 1.38 bits per heavy atom.